The summed E-state index contributed by atoms with van der Waals surface area (Å²) in [5, 5.41) is 10.5. The van der Waals surface area contributed by atoms with Gasteiger partial charge in [0.15, 0.2) is 16.6 Å². The molecule has 2 N–H and O–H groups in total. The predicted molar refractivity (Wildman–Crippen MR) is 136 cm³/mol. The number of ether oxygens (including phenoxy) is 3. The van der Waals surface area contributed by atoms with Crippen LogP contribution in [0.15, 0.2) is 42.6 Å². The van der Waals surface area contributed by atoms with Crippen LogP contribution in [0.5, 0.6) is 17.2 Å². The number of carbonyl (C=O) groups is 2. The Morgan fingerprint density at radius 3 is 2.54 bits per heavy atom. The average molecular weight is 521 g/mol. The van der Waals surface area contributed by atoms with Gasteiger partial charge >= 0.3 is 0 Å². The third kappa shape index (κ3) is 4.83. The van der Waals surface area contributed by atoms with Crippen LogP contribution in [0.2, 0.25) is 0 Å². The lowest BCUT2D eigenvalue weighted by molar-refractivity contribution is 0.0730. The number of benzene rings is 1. The van der Waals surface area contributed by atoms with Crippen LogP contribution in [0.3, 0.4) is 0 Å². The molecule has 11 nitrogen and oxygen atoms in total. The Kier molecular flexibility index (Phi) is 6.73. The lowest BCUT2D eigenvalue weighted by atomic mass is 10.1. The first-order valence-electron chi connectivity index (χ1n) is 11.4. The quantitative estimate of drug-likeness (QED) is 0.379. The first-order valence-corrected chi connectivity index (χ1v) is 12.2. The van der Waals surface area contributed by atoms with Gasteiger partial charge in [-0.15, -0.1) is 0 Å². The number of rotatable bonds is 7. The Morgan fingerprint density at radius 2 is 1.86 bits per heavy atom. The number of amides is 2. The number of fused-ring (bicyclic) bond motifs is 1. The molecule has 2 amide bonds. The maximum atomic E-state index is 13.3. The molecule has 0 fully saturated rings. The van der Waals surface area contributed by atoms with E-state index in [2.05, 4.69) is 25.5 Å². The van der Waals surface area contributed by atoms with Gasteiger partial charge in [0.1, 0.15) is 11.4 Å². The Hall–Kier alpha value is -4.45. The summed E-state index contributed by atoms with van der Waals surface area (Å²) in [5.74, 6) is 0.963. The summed E-state index contributed by atoms with van der Waals surface area (Å²) in [4.78, 5) is 36.9. The van der Waals surface area contributed by atoms with E-state index >= 15 is 0 Å². The number of aromatic nitrogens is 4. The third-order valence-electron chi connectivity index (χ3n) is 5.91. The van der Waals surface area contributed by atoms with E-state index in [1.807, 2.05) is 0 Å². The zero-order valence-electron chi connectivity index (χ0n) is 20.4. The van der Waals surface area contributed by atoms with Gasteiger partial charge in [0.25, 0.3) is 11.8 Å². The smallest absolute Gasteiger partial charge is 0.276 e. The van der Waals surface area contributed by atoms with Gasteiger partial charge in [-0.3, -0.25) is 25.0 Å². The average Bonchev–Trinajstić information content (AvgIpc) is 3.59. The molecule has 5 rings (SSSR count). The molecule has 0 atom stereocenters. The molecule has 0 saturated heterocycles. The number of carbonyl (C=O) groups excluding carboxylic acids is 2. The zero-order valence-corrected chi connectivity index (χ0v) is 21.2. The molecule has 3 aromatic heterocycles. The molecule has 190 valence electrons. The summed E-state index contributed by atoms with van der Waals surface area (Å²) in [6.45, 7) is 0.894. The number of methoxy groups -OCH3 is 3. The van der Waals surface area contributed by atoms with Crippen LogP contribution in [0.4, 0.5) is 5.13 Å². The van der Waals surface area contributed by atoms with Crippen LogP contribution < -0.4 is 19.5 Å². The number of hydrogen-bond acceptors (Lipinski definition) is 9. The van der Waals surface area contributed by atoms with Gasteiger partial charge in [-0.05, 0) is 30.3 Å². The zero-order chi connectivity index (χ0) is 25.9. The van der Waals surface area contributed by atoms with Crippen LogP contribution in [0.25, 0.3) is 11.3 Å². The lowest BCUT2D eigenvalue weighted by Crippen LogP contribution is -2.35. The lowest BCUT2D eigenvalue weighted by Gasteiger charge is -2.25. The van der Waals surface area contributed by atoms with E-state index in [0.717, 1.165) is 10.6 Å². The van der Waals surface area contributed by atoms with Gasteiger partial charge in [0.2, 0.25) is 5.75 Å². The van der Waals surface area contributed by atoms with Crippen molar-refractivity contribution in [3.63, 3.8) is 0 Å². The maximum Gasteiger partial charge on any atom is 0.276 e. The molecule has 37 heavy (non-hydrogen) atoms. The summed E-state index contributed by atoms with van der Waals surface area (Å²) in [6.07, 6.45) is 2.15. The van der Waals surface area contributed by atoms with E-state index in [1.165, 1.54) is 18.4 Å². The summed E-state index contributed by atoms with van der Waals surface area (Å²) < 4.78 is 16.2. The minimum atomic E-state index is -0.323. The molecule has 1 aliphatic heterocycles. The van der Waals surface area contributed by atoms with Gasteiger partial charge in [0, 0.05) is 29.6 Å². The fraction of sp³-hybridized carbons (Fsp3) is 0.240. The molecule has 0 radical (unpaired) electrons. The number of nitrogens with zero attached hydrogens (tertiary/aromatic N) is 4. The second-order valence-electron chi connectivity index (χ2n) is 8.12. The van der Waals surface area contributed by atoms with E-state index in [9.17, 15) is 9.59 Å². The van der Waals surface area contributed by atoms with Crippen molar-refractivity contribution in [2.75, 3.05) is 33.2 Å². The Labute approximate surface area is 216 Å². The van der Waals surface area contributed by atoms with Crippen molar-refractivity contribution in [2.24, 2.45) is 0 Å². The first-order chi connectivity index (χ1) is 18.0. The van der Waals surface area contributed by atoms with E-state index in [0.29, 0.717) is 64.5 Å². The molecule has 0 aliphatic carbocycles. The van der Waals surface area contributed by atoms with Crippen molar-refractivity contribution >= 4 is 28.3 Å². The standard InChI is InChI=1S/C25H24N6O5S/c1-34-19-10-14(11-20(35-2)22(19)36-3)17-12-18(30-29-17)24(33)31-9-7-15-21(13-31)37-25(27-15)28-23(32)16-6-4-5-8-26-16/h4-6,8,10-12H,7,9,13H2,1-3H3,(H,29,30)(H,27,28,32). The van der Waals surface area contributed by atoms with Crippen LogP contribution in [0, 0.1) is 0 Å². The van der Waals surface area contributed by atoms with Crippen molar-refractivity contribution in [3.05, 3.63) is 64.6 Å². The molecule has 1 aromatic carbocycles. The molecule has 1 aliphatic rings. The normalized spacial score (nSPS) is 12.6. The fourth-order valence-corrected chi connectivity index (χ4v) is 5.08. The second kappa shape index (κ2) is 10.3. The highest BCUT2D eigenvalue weighted by Crippen LogP contribution is 2.41. The van der Waals surface area contributed by atoms with Crippen molar-refractivity contribution in [1.82, 2.24) is 25.1 Å². The van der Waals surface area contributed by atoms with Crippen LogP contribution >= 0.6 is 11.3 Å². The van der Waals surface area contributed by atoms with Gasteiger partial charge in [0.05, 0.1) is 39.3 Å². The third-order valence-corrected chi connectivity index (χ3v) is 6.90. The van der Waals surface area contributed by atoms with E-state index in [1.54, 1.807) is 61.7 Å². The van der Waals surface area contributed by atoms with E-state index < -0.39 is 0 Å². The summed E-state index contributed by atoms with van der Waals surface area (Å²) >= 11 is 1.36. The molecule has 4 aromatic rings. The molecular formula is C25H24N6O5S. The van der Waals surface area contributed by atoms with Crippen LogP contribution in [-0.4, -0.2) is 64.8 Å². The SMILES string of the molecule is COc1cc(-c2cc(C(=O)N3CCc4nc(NC(=O)c5ccccn5)sc4C3)[nH]n2)cc(OC)c1OC. The van der Waals surface area contributed by atoms with Gasteiger partial charge in [-0.1, -0.05) is 17.4 Å². The number of anilines is 1. The highest BCUT2D eigenvalue weighted by atomic mass is 32.1. The molecule has 12 heteroatoms. The largest absolute Gasteiger partial charge is 0.493 e. The summed E-state index contributed by atoms with van der Waals surface area (Å²) in [5.41, 5.74) is 2.84. The molecule has 0 unspecified atom stereocenters. The second-order valence-corrected chi connectivity index (χ2v) is 9.20. The summed E-state index contributed by atoms with van der Waals surface area (Å²) in [7, 11) is 4.62. The van der Waals surface area contributed by atoms with Crippen molar-refractivity contribution < 1.29 is 23.8 Å². The van der Waals surface area contributed by atoms with Crippen molar-refractivity contribution in [1.29, 1.82) is 0 Å². The highest BCUT2D eigenvalue weighted by Gasteiger charge is 2.27. The van der Waals surface area contributed by atoms with E-state index in [4.69, 9.17) is 14.2 Å². The van der Waals surface area contributed by atoms with E-state index in [-0.39, 0.29) is 11.8 Å². The van der Waals surface area contributed by atoms with Gasteiger partial charge < -0.3 is 19.1 Å². The number of aromatic amines is 1. The van der Waals surface area contributed by atoms with Crippen LogP contribution in [-0.2, 0) is 13.0 Å². The first kappa shape index (κ1) is 24.3. The molecule has 0 saturated carbocycles. The molecular weight excluding hydrogens is 496 g/mol. The number of thiazole rings is 1. The number of hydrogen-bond donors (Lipinski definition) is 2. The molecule has 0 bridgehead atoms. The number of nitrogens with one attached hydrogen (secondary N) is 2. The minimum absolute atomic E-state index is 0.177. The fourth-order valence-electron chi connectivity index (χ4n) is 4.06. The summed E-state index contributed by atoms with van der Waals surface area (Å²) in [6, 6.07) is 10.4. The predicted octanol–water partition coefficient (Wildman–Crippen LogP) is 3.40. The maximum absolute atomic E-state index is 13.3. The Morgan fingerprint density at radius 1 is 1.08 bits per heavy atom. The van der Waals surface area contributed by atoms with Gasteiger partial charge in [-0.2, -0.15) is 5.10 Å². The van der Waals surface area contributed by atoms with Crippen LogP contribution in [0.1, 0.15) is 31.5 Å². The minimum Gasteiger partial charge on any atom is -0.493 e. The molecule has 4 heterocycles. The topological polar surface area (TPSA) is 132 Å². The van der Waals surface area contributed by atoms with Gasteiger partial charge in [-0.25, -0.2) is 4.98 Å². The van der Waals surface area contributed by atoms with Crippen molar-refractivity contribution in [3.8, 4) is 28.5 Å². The van der Waals surface area contributed by atoms with Crippen molar-refractivity contribution in [2.45, 2.75) is 13.0 Å². The highest BCUT2D eigenvalue weighted by molar-refractivity contribution is 7.15. The number of H-pyrrole nitrogens is 1. The number of pyridine rings is 1. The monoisotopic (exact) mass is 520 g/mol. The molecule has 0 spiro atoms. The Bertz CT molecular complexity index is 1430. The Balaban J connectivity index is 1.30.